The zero-order valence-electron chi connectivity index (χ0n) is 17.6. The van der Waals surface area contributed by atoms with E-state index in [2.05, 4.69) is 9.97 Å². The molecule has 6 heteroatoms. The molecule has 2 nitrogen and oxygen atoms in total. The molecule has 1 aliphatic rings. The minimum atomic E-state index is -0.952. The van der Waals surface area contributed by atoms with Crippen molar-refractivity contribution in [3.63, 3.8) is 0 Å². The molecule has 1 aliphatic carbocycles. The van der Waals surface area contributed by atoms with Crippen molar-refractivity contribution >= 4 is 0 Å². The molecule has 0 atom stereocenters. The standard InChI is InChI=1S/C25H24F4N2/c1-3-15-8-9-18(22(27)21(15)26)16-4-6-17(7-5-16)19-10-11-20(24(29)23(19)28)25-30-12-14(2)13-31-25/h8-13,16-17H,3-7H2,1-2H3. The number of halogens is 4. The van der Waals surface area contributed by atoms with Gasteiger partial charge in [0.05, 0.1) is 5.56 Å². The molecule has 162 valence electrons. The van der Waals surface area contributed by atoms with E-state index in [4.69, 9.17) is 0 Å². The molecule has 0 unspecified atom stereocenters. The molecule has 3 aromatic rings. The van der Waals surface area contributed by atoms with Gasteiger partial charge in [0.2, 0.25) is 0 Å². The van der Waals surface area contributed by atoms with Gasteiger partial charge in [-0.3, -0.25) is 0 Å². The Kier molecular flexibility index (Phi) is 6.08. The number of aryl methyl sites for hydroxylation is 2. The number of nitrogens with zero attached hydrogens (tertiary/aromatic N) is 2. The van der Waals surface area contributed by atoms with E-state index in [1.165, 1.54) is 6.07 Å². The summed E-state index contributed by atoms with van der Waals surface area (Å²) in [6, 6.07) is 6.42. The first-order valence-corrected chi connectivity index (χ1v) is 10.6. The SMILES string of the molecule is CCc1ccc(C2CCC(c3ccc(-c4ncc(C)cn4)c(F)c3F)CC2)c(F)c1F. The largest absolute Gasteiger partial charge is 0.236 e. The Hall–Kier alpha value is -2.76. The van der Waals surface area contributed by atoms with Crippen LogP contribution in [-0.4, -0.2) is 9.97 Å². The van der Waals surface area contributed by atoms with E-state index >= 15 is 0 Å². The van der Waals surface area contributed by atoms with E-state index < -0.39 is 23.3 Å². The molecule has 0 amide bonds. The Balaban J connectivity index is 1.52. The van der Waals surface area contributed by atoms with Crippen LogP contribution in [0.4, 0.5) is 17.6 Å². The summed E-state index contributed by atoms with van der Waals surface area (Å²) in [5, 5.41) is 0. The van der Waals surface area contributed by atoms with Crippen LogP contribution < -0.4 is 0 Å². The third kappa shape index (κ3) is 4.08. The lowest BCUT2D eigenvalue weighted by molar-refractivity contribution is 0.370. The first kappa shape index (κ1) is 21.5. The molecule has 1 fully saturated rings. The lowest BCUT2D eigenvalue weighted by Gasteiger charge is -2.30. The van der Waals surface area contributed by atoms with Gasteiger partial charge in [0.1, 0.15) is 0 Å². The fraction of sp³-hybridized carbons (Fsp3) is 0.360. The predicted octanol–water partition coefficient (Wildman–Crippen LogP) is 7.01. The first-order chi connectivity index (χ1) is 14.9. The van der Waals surface area contributed by atoms with Crippen molar-refractivity contribution in [2.24, 2.45) is 0 Å². The highest BCUT2D eigenvalue weighted by Crippen LogP contribution is 2.43. The van der Waals surface area contributed by atoms with Crippen molar-refractivity contribution in [1.29, 1.82) is 0 Å². The fourth-order valence-corrected chi connectivity index (χ4v) is 4.49. The molecule has 0 aliphatic heterocycles. The second kappa shape index (κ2) is 8.77. The highest BCUT2D eigenvalue weighted by atomic mass is 19.2. The Morgan fingerprint density at radius 2 is 1.26 bits per heavy atom. The quantitative estimate of drug-likeness (QED) is 0.418. The van der Waals surface area contributed by atoms with Crippen molar-refractivity contribution in [3.8, 4) is 11.4 Å². The van der Waals surface area contributed by atoms with Crippen LogP contribution in [0.2, 0.25) is 0 Å². The normalized spacial score (nSPS) is 18.9. The molecule has 0 saturated heterocycles. The molecule has 1 saturated carbocycles. The van der Waals surface area contributed by atoms with E-state index in [-0.39, 0.29) is 23.2 Å². The first-order valence-electron chi connectivity index (χ1n) is 10.6. The third-order valence-corrected chi connectivity index (χ3v) is 6.31. The van der Waals surface area contributed by atoms with Gasteiger partial charge in [-0.15, -0.1) is 0 Å². The highest BCUT2D eigenvalue weighted by Gasteiger charge is 2.29. The van der Waals surface area contributed by atoms with Crippen molar-refractivity contribution in [2.45, 2.75) is 57.8 Å². The van der Waals surface area contributed by atoms with Crippen LogP contribution in [-0.2, 0) is 6.42 Å². The van der Waals surface area contributed by atoms with Gasteiger partial charge in [-0.05, 0) is 79.2 Å². The van der Waals surface area contributed by atoms with Gasteiger partial charge in [0, 0.05) is 12.4 Å². The predicted molar refractivity (Wildman–Crippen MR) is 112 cm³/mol. The Bertz CT molecular complexity index is 1090. The maximum Gasteiger partial charge on any atom is 0.170 e. The average Bonchev–Trinajstić information content (AvgIpc) is 2.78. The smallest absolute Gasteiger partial charge is 0.170 e. The lowest BCUT2D eigenvalue weighted by Crippen LogP contribution is -2.15. The molecule has 0 spiro atoms. The van der Waals surface area contributed by atoms with Gasteiger partial charge in [0.15, 0.2) is 29.1 Å². The molecule has 1 heterocycles. The third-order valence-electron chi connectivity index (χ3n) is 6.31. The van der Waals surface area contributed by atoms with Gasteiger partial charge in [-0.2, -0.15) is 0 Å². The topological polar surface area (TPSA) is 25.8 Å². The van der Waals surface area contributed by atoms with E-state index in [0.717, 1.165) is 5.56 Å². The van der Waals surface area contributed by atoms with E-state index in [9.17, 15) is 17.6 Å². The minimum Gasteiger partial charge on any atom is -0.236 e. The summed E-state index contributed by atoms with van der Waals surface area (Å²) < 4.78 is 58.3. The van der Waals surface area contributed by atoms with E-state index in [0.29, 0.717) is 48.8 Å². The van der Waals surface area contributed by atoms with Gasteiger partial charge in [-0.1, -0.05) is 25.1 Å². The monoisotopic (exact) mass is 428 g/mol. The number of hydrogen-bond donors (Lipinski definition) is 0. The van der Waals surface area contributed by atoms with E-state index in [1.807, 2.05) is 6.92 Å². The van der Waals surface area contributed by atoms with Crippen LogP contribution in [0.1, 0.15) is 66.7 Å². The van der Waals surface area contributed by atoms with Crippen molar-refractivity contribution < 1.29 is 17.6 Å². The Morgan fingerprint density at radius 1 is 0.742 bits per heavy atom. The summed E-state index contributed by atoms with van der Waals surface area (Å²) in [5.41, 5.74) is 1.93. The van der Waals surface area contributed by atoms with Crippen LogP contribution in [0.25, 0.3) is 11.4 Å². The molecule has 4 rings (SSSR count). The molecule has 0 radical (unpaired) electrons. The molecule has 1 aromatic heterocycles. The maximum atomic E-state index is 14.9. The van der Waals surface area contributed by atoms with Gasteiger partial charge >= 0.3 is 0 Å². The van der Waals surface area contributed by atoms with Crippen molar-refractivity contribution in [2.75, 3.05) is 0 Å². The van der Waals surface area contributed by atoms with Gasteiger partial charge in [0.25, 0.3) is 0 Å². The number of benzene rings is 2. The molecule has 0 bridgehead atoms. The van der Waals surface area contributed by atoms with Crippen LogP contribution in [0.15, 0.2) is 36.7 Å². The van der Waals surface area contributed by atoms with E-state index in [1.54, 1.807) is 37.5 Å². The second-order valence-corrected chi connectivity index (χ2v) is 8.26. The summed E-state index contributed by atoms with van der Waals surface area (Å²) in [4.78, 5) is 8.16. The fourth-order valence-electron chi connectivity index (χ4n) is 4.49. The molecular formula is C25H24F4N2. The van der Waals surface area contributed by atoms with Crippen LogP contribution in [0, 0.1) is 30.2 Å². The zero-order valence-corrected chi connectivity index (χ0v) is 17.6. The van der Waals surface area contributed by atoms with Crippen LogP contribution in [0.3, 0.4) is 0 Å². The number of aromatic nitrogens is 2. The maximum absolute atomic E-state index is 14.9. The van der Waals surface area contributed by atoms with Crippen molar-refractivity contribution in [1.82, 2.24) is 9.97 Å². The van der Waals surface area contributed by atoms with Gasteiger partial charge in [-0.25, -0.2) is 27.5 Å². The minimum absolute atomic E-state index is 0.0310. The molecule has 31 heavy (non-hydrogen) atoms. The summed E-state index contributed by atoms with van der Waals surface area (Å²) in [6.45, 7) is 3.60. The number of rotatable bonds is 4. The highest BCUT2D eigenvalue weighted by molar-refractivity contribution is 5.57. The average molecular weight is 428 g/mol. The second-order valence-electron chi connectivity index (χ2n) is 8.26. The summed E-state index contributed by atoms with van der Waals surface area (Å²) in [7, 11) is 0. The Morgan fingerprint density at radius 3 is 1.81 bits per heavy atom. The zero-order chi connectivity index (χ0) is 22.1. The summed E-state index contributed by atoms with van der Waals surface area (Å²) >= 11 is 0. The van der Waals surface area contributed by atoms with Gasteiger partial charge < -0.3 is 0 Å². The Labute approximate surface area is 179 Å². The van der Waals surface area contributed by atoms with Crippen molar-refractivity contribution in [3.05, 3.63) is 82.2 Å². The molecule has 2 aromatic carbocycles. The molecule has 0 N–H and O–H groups in total. The lowest BCUT2D eigenvalue weighted by atomic mass is 9.75. The molecular weight excluding hydrogens is 404 g/mol. The summed E-state index contributed by atoms with van der Waals surface area (Å²) in [6.07, 6.45) is 5.90. The van der Waals surface area contributed by atoms with Crippen LogP contribution >= 0.6 is 0 Å². The number of hydrogen-bond acceptors (Lipinski definition) is 2. The summed E-state index contributed by atoms with van der Waals surface area (Å²) in [5.74, 6) is -3.52. The van der Waals surface area contributed by atoms with Crippen LogP contribution in [0.5, 0.6) is 0 Å².